The Kier molecular flexibility index (Phi) is 8.27. The molecule has 0 aromatic rings. The van der Waals surface area contributed by atoms with E-state index in [0.717, 1.165) is 12.8 Å². The van der Waals surface area contributed by atoms with E-state index in [1.165, 1.54) is 18.6 Å². The van der Waals surface area contributed by atoms with E-state index >= 15 is 0 Å². The summed E-state index contributed by atoms with van der Waals surface area (Å²) in [7, 11) is 0. The van der Waals surface area contributed by atoms with Gasteiger partial charge in [-0.3, -0.25) is 0 Å². The van der Waals surface area contributed by atoms with Gasteiger partial charge in [-0.05, 0) is 26.2 Å². The lowest BCUT2D eigenvalue weighted by atomic mass is 9.96. The Morgan fingerprint density at radius 3 is 2.28 bits per heavy atom. The number of ether oxygens (including phenoxy) is 2. The van der Waals surface area contributed by atoms with Crippen molar-refractivity contribution in [2.75, 3.05) is 6.61 Å². The van der Waals surface area contributed by atoms with Crippen LogP contribution in [0.4, 0.5) is 0 Å². The molecule has 0 spiro atoms. The van der Waals surface area contributed by atoms with Crippen molar-refractivity contribution < 1.29 is 19.1 Å². The first-order chi connectivity index (χ1) is 8.51. The fourth-order valence-corrected chi connectivity index (χ4v) is 0.959. The van der Waals surface area contributed by atoms with Gasteiger partial charge in [0.2, 0.25) is 0 Å². The predicted octanol–water partition coefficient (Wildman–Crippen LogP) is 2.56. The van der Waals surface area contributed by atoms with Crippen molar-refractivity contribution in [2.24, 2.45) is 0 Å². The second-order valence-electron chi connectivity index (χ2n) is 3.86. The largest absolute Gasteiger partial charge is 0.459 e. The third-order valence-electron chi connectivity index (χ3n) is 2.18. The summed E-state index contributed by atoms with van der Waals surface area (Å²) in [5.41, 5.74) is 0.414. The molecule has 100 valence electrons. The zero-order chi connectivity index (χ0) is 14.0. The van der Waals surface area contributed by atoms with Crippen LogP contribution in [0.25, 0.3) is 0 Å². The van der Waals surface area contributed by atoms with Crippen LogP contribution in [0.3, 0.4) is 0 Å². The molecule has 0 atom stereocenters. The summed E-state index contributed by atoms with van der Waals surface area (Å²) in [6, 6.07) is 0. The number of rotatable bonds is 5. The normalized spacial score (nSPS) is 13.2. The minimum atomic E-state index is -0.366. The second kappa shape index (κ2) is 9.22. The lowest BCUT2D eigenvalue weighted by Crippen LogP contribution is -2.23. The van der Waals surface area contributed by atoms with Crippen LogP contribution in [0.1, 0.15) is 26.2 Å². The molecule has 0 heterocycles. The molecule has 0 radical (unpaired) electrons. The van der Waals surface area contributed by atoms with Crippen molar-refractivity contribution in [3.05, 3.63) is 37.5 Å². The third kappa shape index (κ3) is 7.44. The van der Waals surface area contributed by atoms with Gasteiger partial charge >= 0.3 is 11.9 Å². The highest BCUT2D eigenvalue weighted by molar-refractivity contribution is 5.86. The predicted molar refractivity (Wildman–Crippen MR) is 69.9 cm³/mol. The van der Waals surface area contributed by atoms with E-state index in [2.05, 4.69) is 24.5 Å². The summed E-state index contributed by atoms with van der Waals surface area (Å²) < 4.78 is 9.47. The summed E-state index contributed by atoms with van der Waals surface area (Å²) in [5.74, 6) is -0.658. The van der Waals surface area contributed by atoms with Gasteiger partial charge in [-0.25, -0.2) is 9.59 Å². The van der Waals surface area contributed by atoms with E-state index < -0.39 is 0 Å². The van der Waals surface area contributed by atoms with Crippen molar-refractivity contribution in [3.63, 3.8) is 0 Å². The quantitative estimate of drug-likeness (QED) is 0.428. The van der Waals surface area contributed by atoms with Crippen molar-refractivity contribution >= 4 is 11.9 Å². The van der Waals surface area contributed by atoms with Crippen LogP contribution in [0.15, 0.2) is 37.5 Å². The molecule has 0 aromatic heterocycles. The standard InChI is InChI=1S/2C7H10O2/c1-2-7(8)9-6-4-3-5-6;1-4-5-9-7(8)6(2)3/h2,6H,1,3-5H2;4H,1-2,5H2,3H3. The topological polar surface area (TPSA) is 52.6 Å². The van der Waals surface area contributed by atoms with Crippen LogP contribution in [-0.2, 0) is 19.1 Å². The highest BCUT2D eigenvalue weighted by Gasteiger charge is 2.19. The van der Waals surface area contributed by atoms with Crippen molar-refractivity contribution in [3.8, 4) is 0 Å². The summed E-state index contributed by atoms with van der Waals surface area (Å²) in [6.45, 7) is 11.9. The van der Waals surface area contributed by atoms with E-state index in [1.807, 2.05) is 0 Å². The van der Waals surface area contributed by atoms with Gasteiger partial charge in [0.05, 0.1) is 0 Å². The molecule has 1 saturated carbocycles. The molecule has 0 saturated heterocycles. The van der Waals surface area contributed by atoms with Gasteiger partial charge < -0.3 is 9.47 Å². The molecule has 1 aliphatic rings. The van der Waals surface area contributed by atoms with Crippen molar-refractivity contribution in [1.82, 2.24) is 0 Å². The molecule has 0 amide bonds. The van der Waals surface area contributed by atoms with Gasteiger partial charge in [-0.2, -0.15) is 0 Å². The van der Waals surface area contributed by atoms with Crippen LogP contribution >= 0.6 is 0 Å². The van der Waals surface area contributed by atoms with E-state index in [9.17, 15) is 9.59 Å². The number of esters is 2. The Morgan fingerprint density at radius 2 is 1.94 bits per heavy atom. The number of hydrogen-bond donors (Lipinski definition) is 0. The lowest BCUT2D eigenvalue weighted by Gasteiger charge is -2.24. The summed E-state index contributed by atoms with van der Waals surface area (Å²) in [4.78, 5) is 21.0. The Labute approximate surface area is 108 Å². The highest BCUT2D eigenvalue weighted by atomic mass is 16.5. The summed E-state index contributed by atoms with van der Waals surface area (Å²) in [6.07, 6.45) is 6.16. The SMILES string of the molecule is C=CC(=O)OC1CCC1.C=CCOC(=O)C(=C)C. The maximum Gasteiger partial charge on any atom is 0.333 e. The summed E-state index contributed by atoms with van der Waals surface area (Å²) in [5, 5.41) is 0. The van der Waals surface area contributed by atoms with Crippen LogP contribution < -0.4 is 0 Å². The minimum Gasteiger partial charge on any atom is -0.459 e. The molecular weight excluding hydrogens is 232 g/mol. The number of carbonyl (C=O) groups excluding carboxylic acids is 2. The van der Waals surface area contributed by atoms with Gasteiger partial charge in [-0.15, -0.1) is 0 Å². The average molecular weight is 252 g/mol. The average Bonchev–Trinajstić information content (AvgIpc) is 2.31. The molecule has 0 bridgehead atoms. The highest BCUT2D eigenvalue weighted by Crippen LogP contribution is 2.21. The second-order valence-corrected chi connectivity index (χ2v) is 3.86. The zero-order valence-electron chi connectivity index (χ0n) is 10.8. The number of hydrogen-bond acceptors (Lipinski definition) is 4. The molecule has 0 aliphatic heterocycles. The molecule has 1 fully saturated rings. The maximum atomic E-state index is 10.5. The fraction of sp³-hybridized carbons (Fsp3) is 0.429. The Hall–Kier alpha value is -1.84. The van der Waals surface area contributed by atoms with E-state index in [-0.39, 0.29) is 24.6 Å². The third-order valence-corrected chi connectivity index (χ3v) is 2.18. The van der Waals surface area contributed by atoms with Gasteiger partial charge in [0, 0.05) is 11.6 Å². The van der Waals surface area contributed by atoms with Crippen LogP contribution in [-0.4, -0.2) is 24.6 Å². The first kappa shape index (κ1) is 16.2. The van der Waals surface area contributed by atoms with Gasteiger partial charge in [-0.1, -0.05) is 25.8 Å². The Morgan fingerprint density at radius 1 is 1.33 bits per heavy atom. The van der Waals surface area contributed by atoms with E-state index in [1.54, 1.807) is 6.92 Å². The molecule has 4 heteroatoms. The molecule has 1 rings (SSSR count). The number of carbonyl (C=O) groups is 2. The Balaban J connectivity index is 0.000000321. The van der Waals surface area contributed by atoms with Gasteiger partial charge in [0.25, 0.3) is 0 Å². The minimum absolute atomic E-state index is 0.190. The summed E-state index contributed by atoms with van der Waals surface area (Å²) >= 11 is 0. The monoisotopic (exact) mass is 252 g/mol. The van der Waals surface area contributed by atoms with Crippen LogP contribution in [0.2, 0.25) is 0 Å². The molecular formula is C14H20O4. The lowest BCUT2D eigenvalue weighted by molar-refractivity contribution is -0.146. The fourth-order valence-electron chi connectivity index (χ4n) is 0.959. The van der Waals surface area contributed by atoms with Crippen molar-refractivity contribution in [1.29, 1.82) is 0 Å². The van der Waals surface area contributed by atoms with Crippen molar-refractivity contribution in [2.45, 2.75) is 32.3 Å². The first-order valence-corrected chi connectivity index (χ1v) is 5.77. The van der Waals surface area contributed by atoms with Gasteiger partial charge in [0.15, 0.2) is 0 Å². The van der Waals surface area contributed by atoms with Gasteiger partial charge in [0.1, 0.15) is 12.7 Å². The molecule has 18 heavy (non-hydrogen) atoms. The maximum absolute atomic E-state index is 10.5. The first-order valence-electron chi connectivity index (χ1n) is 5.77. The molecule has 4 nitrogen and oxygen atoms in total. The van der Waals surface area contributed by atoms with Crippen LogP contribution in [0.5, 0.6) is 0 Å². The zero-order valence-corrected chi connectivity index (χ0v) is 10.8. The molecule has 0 N–H and O–H groups in total. The van der Waals surface area contributed by atoms with E-state index in [4.69, 9.17) is 4.74 Å². The molecule has 0 aromatic carbocycles. The van der Waals surface area contributed by atoms with E-state index in [0.29, 0.717) is 5.57 Å². The van der Waals surface area contributed by atoms with Crippen LogP contribution in [0, 0.1) is 0 Å². The molecule has 0 unspecified atom stereocenters. The molecule has 1 aliphatic carbocycles. The smallest absolute Gasteiger partial charge is 0.333 e. The Bertz CT molecular complexity index is 327.